The smallest absolute Gasteiger partial charge is 0.0628 e. The van der Waals surface area contributed by atoms with Crippen molar-refractivity contribution in [2.75, 3.05) is 13.2 Å². The second-order valence-electron chi connectivity index (χ2n) is 5.27. The lowest BCUT2D eigenvalue weighted by Crippen LogP contribution is -2.51. The molecule has 3 nitrogen and oxygen atoms in total. The van der Waals surface area contributed by atoms with E-state index in [0.717, 1.165) is 13.0 Å². The largest absolute Gasteiger partial charge is 0.394 e. The number of nitrogens with zero attached hydrogens (tertiary/aromatic N) is 1. The number of aliphatic hydroxyl groups excluding tert-OH is 1. The number of benzene rings is 1. The maximum atomic E-state index is 9.75. The Morgan fingerprint density at radius 3 is 2.67 bits per heavy atom. The summed E-state index contributed by atoms with van der Waals surface area (Å²) < 4.78 is 0. The summed E-state index contributed by atoms with van der Waals surface area (Å²) in [6, 6.07) is 10.9. The highest BCUT2D eigenvalue weighted by molar-refractivity contribution is 5.19. The summed E-state index contributed by atoms with van der Waals surface area (Å²) in [5.41, 5.74) is 7.29. The van der Waals surface area contributed by atoms with E-state index in [1.165, 1.54) is 18.4 Å². The number of hydrogen-bond donors (Lipinski definition) is 2. The molecule has 1 heterocycles. The van der Waals surface area contributed by atoms with Crippen LogP contribution >= 0.6 is 0 Å². The molecule has 1 aliphatic heterocycles. The van der Waals surface area contributed by atoms with Crippen molar-refractivity contribution in [3.8, 4) is 0 Å². The lowest BCUT2D eigenvalue weighted by molar-refractivity contribution is 0.0471. The lowest BCUT2D eigenvalue weighted by atomic mass is 9.93. The van der Waals surface area contributed by atoms with Crippen LogP contribution in [0, 0.1) is 0 Å². The molecule has 1 aliphatic rings. The van der Waals surface area contributed by atoms with Crippen LogP contribution in [0.15, 0.2) is 30.3 Å². The van der Waals surface area contributed by atoms with Crippen LogP contribution in [0.4, 0.5) is 0 Å². The first kappa shape index (κ1) is 13.5. The number of aliphatic hydroxyl groups is 1. The van der Waals surface area contributed by atoms with Crippen LogP contribution in [0.3, 0.4) is 0 Å². The molecular formula is C15H24N2O. The Hall–Kier alpha value is -0.900. The quantitative estimate of drug-likeness (QED) is 0.856. The molecule has 0 aromatic heterocycles. The monoisotopic (exact) mass is 248 g/mol. The van der Waals surface area contributed by atoms with Gasteiger partial charge >= 0.3 is 0 Å². The highest BCUT2D eigenvalue weighted by Gasteiger charge is 2.31. The minimum absolute atomic E-state index is 0.0856. The van der Waals surface area contributed by atoms with Gasteiger partial charge in [0, 0.05) is 12.1 Å². The van der Waals surface area contributed by atoms with Crippen molar-refractivity contribution in [3.63, 3.8) is 0 Å². The summed E-state index contributed by atoms with van der Waals surface area (Å²) in [4.78, 5) is 2.39. The Labute approximate surface area is 110 Å². The molecule has 3 N–H and O–H groups in total. The molecule has 0 amide bonds. The summed E-state index contributed by atoms with van der Waals surface area (Å²) in [7, 11) is 0. The van der Waals surface area contributed by atoms with Crippen molar-refractivity contribution < 1.29 is 5.11 Å². The molecule has 100 valence electrons. The summed E-state index contributed by atoms with van der Waals surface area (Å²) >= 11 is 0. The number of piperidine rings is 1. The van der Waals surface area contributed by atoms with Crippen molar-refractivity contribution in [1.82, 2.24) is 4.90 Å². The number of hydrogen-bond acceptors (Lipinski definition) is 3. The Balaban J connectivity index is 2.20. The van der Waals surface area contributed by atoms with Gasteiger partial charge in [-0.3, -0.25) is 4.90 Å². The number of rotatable bonds is 4. The van der Waals surface area contributed by atoms with Crippen LogP contribution in [-0.4, -0.2) is 35.2 Å². The first-order valence-electron chi connectivity index (χ1n) is 6.91. The van der Waals surface area contributed by atoms with Crippen molar-refractivity contribution in [1.29, 1.82) is 0 Å². The first-order chi connectivity index (χ1) is 8.74. The van der Waals surface area contributed by atoms with Crippen LogP contribution in [0.2, 0.25) is 0 Å². The SMILES string of the molecule is C[C@@H](N)[C@@H]1CCCCN1[C@@H](CO)c1ccccc1. The van der Waals surface area contributed by atoms with Gasteiger partial charge in [-0.2, -0.15) is 0 Å². The van der Waals surface area contributed by atoms with Crippen molar-refractivity contribution in [3.05, 3.63) is 35.9 Å². The summed E-state index contributed by atoms with van der Waals surface area (Å²) in [5.74, 6) is 0. The van der Waals surface area contributed by atoms with Crippen LogP contribution in [0.1, 0.15) is 37.8 Å². The minimum Gasteiger partial charge on any atom is -0.394 e. The third-order valence-electron chi connectivity index (χ3n) is 3.96. The zero-order valence-corrected chi connectivity index (χ0v) is 11.1. The molecule has 0 aliphatic carbocycles. The average Bonchev–Trinajstić information content (AvgIpc) is 2.41. The normalized spacial score (nSPS) is 24.7. The van der Waals surface area contributed by atoms with Gasteiger partial charge in [0.1, 0.15) is 0 Å². The van der Waals surface area contributed by atoms with E-state index in [2.05, 4.69) is 24.0 Å². The standard InChI is InChI=1S/C15H24N2O/c1-12(16)14-9-5-6-10-17(14)15(11-18)13-7-3-2-4-8-13/h2-4,7-8,12,14-15,18H,5-6,9-11,16H2,1H3/t12-,14+,15+/m1/s1. The van der Waals surface area contributed by atoms with E-state index in [1.807, 2.05) is 18.2 Å². The van der Waals surface area contributed by atoms with E-state index >= 15 is 0 Å². The van der Waals surface area contributed by atoms with E-state index in [4.69, 9.17) is 5.73 Å². The zero-order valence-electron chi connectivity index (χ0n) is 11.1. The predicted octanol–water partition coefficient (Wildman–Crippen LogP) is 1.92. The second kappa shape index (κ2) is 6.32. The van der Waals surface area contributed by atoms with Gasteiger partial charge in [0.15, 0.2) is 0 Å². The Bertz CT molecular complexity index is 353. The molecule has 0 radical (unpaired) electrons. The minimum atomic E-state index is 0.0856. The van der Waals surface area contributed by atoms with Crippen molar-refractivity contribution in [2.24, 2.45) is 5.73 Å². The molecule has 1 fully saturated rings. The lowest BCUT2D eigenvalue weighted by Gasteiger charge is -2.42. The maximum Gasteiger partial charge on any atom is 0.0628 e. The van der Waals surface area contributed by atoms with Crippen molar-refractivity contribution in [2.45, 2.75) is 44.3 Å². The van der Waals surface area contributed by atoms with Gasteiger partial charge in [0.2, 0.25) is 0 Å². The van der Waals surface area contributed by atoms with Crippen molar-refractivity contribution >= 4 is 0 Å². The molecule has 0 saturated carbocycles. The molecule has 1 aromatic carbocycles. The van der Waals surface area contributed by atoms with Gasteiger partial charge in [-0.05, 0) is 31.9 Å². The second-order valence-corrected chi connectivity index (χ2v) is 5.27. The molecule has 3 heteroatoms. The fraction of sp³-hybridized carbons (Fsp3) is 0.600. The Kier molecular flexibility index (Phi) is 4.75. The summed E-state index contributed by atoms with van der Waals surface area (Å²) in [5, 5.41) is 9.75. The van der Waals surface area contributed by atoms with Gasteiger partial charge in [0.05, 0.1) is 12.6 Å². The fourth-order valence-electron chi connectivity index (χ4n) is 3.01. The van der Waals surface area contributed by atoms with Gasteiger partial charge in [-0.15, -0.1) is 0 Å². The summed E-state index contributed by atoms with van der Waals surface area (Å²) in [6.45, 7) is 3.27. The van der Waals surface area contributed by atoms with E-state index < -0.39 is 0 Å². The van der Waals surface area contributed by atoms with Gasteiger partial charge in [-0.25, -0.2) is 0 Å². The van der Waals surface area contributed by atoms with Crippen LogP contribution in [0.5, 0.6) is 0 Å². The van der Waals surface area contributed by atoms with E-state index in [1.54, 1.807) is 0 Å². The van der Waals surface area contributed by atoms with Crippen LogP contribution in [0.25, 0.3) is 0 Å². The van der Waals surface area contributed by atoms with Gasteiger partial charge in [-0.1, -0.05) is 36.8 Å². The molecule has 2 rings (SSSR count). The third kappa shape index (κ3) is 2.91. The summed E-state index contributed by atoms with van der Waals surface area (Å²) in [6.07, 6.45) is 3.59. The third-order valence-corrected chi connectivity index (χ3v) is 3.96. The van der Waals surface area contributed by atoms with Crippen LogP contribution < -0.4 is 5.73 Å². The van der Waals surface area contributed by atoms with E-state index in [9.17, 15) is 5.11 Å². The maximum absolute atomic E-state index is 9.75. The molecule has 3 atom stereocenters. The highest BCUT2D eigenvalue weighted by Crippen LogP contribution is 2.29. The molecule has 1 saturated heterocycles. The Morgan fingerprint density at radius 2 is 2.06 bits per heavy atom. The predicted molar refractivity (Wildman–Crippen MR) is 74.3 cm³/mol. The Morgan fingerprint density at radius 1 is 1.33 bits per heavy atom. The first-order valence-corrected chi connectivity index (χ1v) is 6.91. The molecule has 0 spiro atoms. The molecule has 1 aromatic rings. The molecule has 0 unspecified atom stereocenters. The molecule has 18 heavy (non-hydrogen) atoms. The number of likely N-dealkylation sites (tertiary alicyclic amines) is 1. The topological polar surface area (TPSA) is 49.5 Å². The van der Waals surface area contributed by atoms with Gasteiger partial charge < -0.3 is 10.8 Å². The zero-order chi connectivity index (χ0) is 13.0. The van der Waals surface area contributed by atoms with E-state index in [0.29, 0.717) is 6.04 Å². The van der Waals surface area contributed by atoms with Gasteiger partial charge in [0.25, 0.3) is 0 Å². The number of nitrogens with two attached hydrogens (primary N) is 1. The molecular weight excluding hydrogens is 224 g/mol. The molecule has 0 bridgehead atoms. The average molecular weight is 248 g/mol. The van der Waals surface area contributed by atoms with Crippen LogP contribution in [-0.2, 0) is 0 Å². The fourth-order valence-corrected chi connectivity index (χ4v) is 3.01. The highest BCUT2D eigenvalue weighted by atomic mass is 16.3. The van der Waals surface area contributed by atoms with E-state index in [-0.39, 0.29) is 18.7 Å².